The van der Waals surface area contributed by atoms with Gasteiger partial charge in [0.1, 0.15) is 16.2 Å². The van der Waals surface area contributed by atoms with Gasteiger partial charge in [-0.1, -0.05) is 24.3 Å². The van der Waals surface area contributed by atoms with E-state index in [-0.39, 0.29) is 6.54 Å². The van der Waals surface area contributed by atoms with E-state index in [2.05, 4.69) is 4.98 Å². The number of ether oxygens (including phenoxy) is 4. The van der Waals surface area contributed by atoms with Gasteiger partial charge in [-0.05, 0) is 53.5 Å². The minimum Gasteiger partial charge on any atom is -0.456 e. The van der Waals surface area contributed by atoms with Crippen LogP contribution in [0.25, 0.3) is 10.6 Å². The first kappa shape index (κ1) is 27.4. The molecule has 1 aliphatic heterocycles. The van der Waals surface area contributed by atoms with E-state index >= 15 is 0 Å². The number of carbonyl (C=O) groups excluding carboxylic acids is 3. The zero-order valence-electron chi connectivity index (χ0n) is 21.8. The highest BCUT2D eigenvalue weighted by Gasteiger charge is 2.49. The van der Waals surface area contributed by atoms with Crippen molar-refractivity contribution < 1.29 is 33.3 Å². The summed E-state index contributed by atoms with van der Waals surface area (Å²) in [6.07, 6.45) is -1.21. The SMILES string of the molecule is CC(=O)O[C@@H]1[C@@H](OC(=O)OC(C)(C)C)CN(C(=O)OC(C)(C)C)[C@H]1Cc1ccc(-c2nccs2)cc1. The lowest BCUT2D eigenvalue weighted by Crippen LogP contribution is -2.45. The molecule has 2 heterocycles. The van der Waals surface area contributed by atoms with E-state index in [4.69, 9.17) is 18.9 Å². The second-order valence-electron chi connectivity index (χ2n) is 10.6. The van der Waals surface area contributed by atoms with Crippen molar-refractivity contribution in [1.82, 2.24) is 9.88 Å². The number of thiazole rings is 1. The molecular formula is C26H34N2O7S. The van der Waals surface area contributed by atoms with Gasteiger partial charge in [-0.15, -0.1) is 11.3 Å². The number of nitrogens with zero attached hydrogens (tertiary/aromatic N) is 2. The number of hydrogen-bond acceptors (Lipinski definition) is 9. The highest BCUT2D eigenvalue weighted by molar-refractivity contribution is 7.13. The Morgan fingerprint density at radius 2 is 1.64 bits per heavy atom. The van der Waals surface area contributed by atoms with Gasteiger partial charge < -0.3 is 18.9 Å². The Morgan fingerprint density at radius 1 is 1.00 bits per heavy atom. The number of esters is 1. The van der Waals surface area contributed by atoms with Crippen LogP contribution in [0.5, 0.6) is 0 Å². The van der Waals surface area contributed by atoms with Crippen molar-refractivity contribution in [2.45, 2.75) is 84.3 Å². The molecule has 1 aromatic carbocycles. The first-order valence-electron chi connectivity index (χ1n) is 11.8. The average molecular weight is 519 g/mol. The van der Waals surface area contributed by atoms with E-state index in [1.165, 1.54) is 11.8 Å². The molecule has 1 amide bonds. The second-order valence-corrected chi connectivity index (χ2v) is 11.5. The van der Waals surface area contributed by atoms with Crippen LogP contribution in [0.3, 0.4) is 0 Å². The van der Waals surface area contributed by atoms with Gasteiger partial charge in [0.15, 0.2) is 12.2 Å². The summed E-state index contributed by atoms with van der Waals surface area (Å²) in [4.78, 5) is 43.4. The van der Waals surface area contributed by atoms with Gasteiger partial charge >= 0.3 is 18.2 Å². The predicted octanol–water partition coefficient (Wildman–Crippen LogP) is 5.22. The number of carbonyl (C=O) groups is 3. The lowest BCUT2D eigenvalue weighted by molar-refractivity contribution is -0.153. The summed E-state index contributed by atoms with van der Waals surface area (Å²) < 4.78 is 22.1. The Morgan fingerprint density at radius 3 is 2.17 bits per heavy atom. The standard InChI is InChI=1S/C26H34N2O7S/c1-16(29)32-21-19(14-17-8-10-18(11-9-17)22-27-12-13-36-22)28(23(30)34-25(2,3)4)15-20(21)33-24(31)35-26(5,6)7/h8-13,19-21H,14-15H2,1-7H3/t19-,20-,21-/m0/s1. The molecule has 3 atom stereocenters. The van der Waals surface area contributed by atoms with E-state index in [1.54, 1.807) is 59.1 Å². The van der Waals surface area contributed by atoms with Gasteiger partial charge in [0, 0.05) is 24.1 Å². The molecule has 9 nitrogen and oxygen atoms in total. The van der Waals surface area contributed by atoms with E-state index in [0.29, 0.717) is 6.42 Å². The molecule has 196 valence electrons. The van der Waals surface area contributed by atoms with Gasteiger partial charge in [-0.25, -0.2) is 14.6 Å². The summed E-state index contributed by atoms with van der Waals surface area (Å²) in [7, 11) is 0. The molecule has 0 spiro atoms. The molecule has 1 aromatic heterocycles. The van der Waals surface area contributed by atoms with Crippen molar-refractivity contribution in [2.24, 2.45) is 0 Å². The normalized spacial score (nSPS) is 20.1. The maximum atomic E-state index is 13.1. The molecule has 36 heavy (non-hydrogen) atoms. The van der Waals surface area contributed by atoms with Crippen LogP contribution in [-0.2, 0) is 30.2 Å². The molecule has 1 fully saturated rings. The molecule has 0 N–H and O–H groups in total. The Bertz CT molecular complexity index is 1060. The zero-order chi connectivity index (χ0) is 26.7. The fourth-order valence-electron chi connectivity index (χ4n) is 3.85. The number of aromatic nitrogens is 1. The van der Waals surface area contributed by atoms with Crippen molar-refractivity contribution in [1.29, 1.82) is 0 Å². The summed E-state index contributed by atoms with van der Waals surface area (Å²) in [6, 6.07) is 7.17. The first-order valence-corrected chi connectivity index (χ1v) is 12.6. The van der Waals surface area contributed by atoms with Crippen molar-refractivity contribution in [3.05, 3.63) is 41.4 Å². The lowest BCUT2D eigenvalue weighted by atomic mass is 10.00. The fraction of sp³-hybridized carbons (Fsp3) is 0.538. The van der Waals surface area contributed by atoms with E-state index in [9.17, 15) is 14.4 Å². The van der Waals surface area contributed by atoms with Crippen molar-refractivity contribution >= 4 is 29.6 Å². The Kier molecular flexibility index (Phi) is 8.28. The third-order valence-corrected chi connectivity index (χ3v) is 5.99. The smallest absolute Gasteiger partial charge is 0.456 e. The van der Waals surface area contributed by atoms with Crippen LogP contribution in [-0.4, -0.2) is 64.1 Å². The third kappa shape index (κ3) is 7.68. The summed E-state index contributed by atoms with van der Waals surface area (Å²) in [5, 5.41) is 2.82. The van der Waals surface area contributed by atoms with E-state index in [0.717, 1.165) is 16.1 Å². The monoisotopic (exact) mass is 518 g/mol. The first-order chi connectivity index (χ1) is 16.7. The average Bonchev–Trinajstić information content (AvgIpc) is 3.36. The summed E-state index contributed by atoms with van der Waals surface area (Å²) in [6.45, 7) is 11.7. The number of benzene rings is 1. The van der Waals surface area contributed by atoms with Gasteiger partial charge in [-0.3, -0.25) is 9.69 Å². The summed E-state index contributed by atoms with van der Waals surface area (Å²) >= 11 is 1.54. The minimum atomic E-state index is -0.920. The Labute approximate surface area is 215 Å². The van der Waals surface area contributed by atoms with Gasteiger partial charge in [-0.2, -0.15) is 0 Å². The topological polar surface area (TPSA) is 104 Å². The zero-order valence-corrected chi connectivity index (χ0v) is 22.6. The Balaban J connectivity index is 1.89. The number of hydrogen-bond donors (Lipinski definition) is 0. The van der Waals surface area contributed by atoms with Crippen molar-refractivity contribution in [3.8, 4) is 10.6 Å². The second kappa shape index (κ2) is 10.9. The fourth-order valence-corrected chi connectivity index (χ4v) is 4.50. The summed E-state index contributed by atoms with van der Waals surface area (Å²) in [5.41, 5.74) is 0.379. The molecule has 0 radical (unpaired) electrons. The third-order valence-electron chi connectivity index (χ3n) is 5.17. The predicted molar refractivity (Wildman–Crippen MR) is 135 cm³/mol. The van der Waals surface area contributed by atoms with E-state index in [1.807, 2.05) is 29.6 Å². The van der Waals surface area contributed by atoms with Crippen LogP contribution in [0.1, 0.15) is 54.0 Å². The van der Waals surface area contributed by atoms with Gasteiger partial charge in [0.25, 0.3) is 0 Å². The van der Waals surface area contributed by atoms with Gasteiger partial charge in [0.2, 0.25) is 0 Å². The highest BCUT2D eigenvalue weighted by Crippen LogP contribution is 2.30. The van der Waals surface area contributed by atoms with Crippen molar-refractivity contribution in [2.75, 3.05) is 6.54 Å². The molecule has 2 aromatic rings. The highest BCUT2D eigenvalue weighted by atomic mass is 32.1. The van der Waals surface area contributed by atoms with Crippen LogP contribution in [0.4, 0.5) is 9.59 Å². The van der Waals surface area contributed by atoms with Crippen LogP contribution in [0.2, 0.25) is 0 Å². The molecule has 0 aliphatic carbocycles. The molecule has 0 unspecified atom stereocenters. The maximum Gasteiger partial charge on any atom is 0.509 e. The van der Waals surface area contributed by atoms with Crippen molar-refractivity contribution in [3.63, 3.8) is 0 Å². The molecule has 1 aliphatic rings. The molecule has 0 saturated carbocycles. The quantitative estimate of drug-likeness (QED) is 0.392. The molecule has 10 heteroatoms. The van der Waals surface area contributed by atoms with Crippen LogP contribution >= 0.6 is 11.3 Å². The number of likely N-dealkylation sites (tertiary alicyclic amines) is 1. The lowest BCUT2D eigenvalue weighted by Gasteiger charge is -2.30. The van der Waals surface area contributed by atoms with E-state index < -0.39 is 47.7 Å². The number of amides is 1. The Hall–Kier alpha value is -3.14. The van der Waals surface area contributed by atoms with Crippen LogP contribution in [0.15, 0.2) is 35.8 Å². The largest absolute Gasteiger partial charge is 0.509 e. The number of rotatable bonds is 5. The molecule has 3 rings (SSSR count). The molecule has 0 bridgehead atoms. The van der Waals surface area contributed by atoms with Gasteiger partial charge in [0.05, 0.1) is 12.6 Å². The van der Waals surface area contributed by atoms with Crippen LogP contribution < -0.4 is 0 Å². The molecular weight excluding hydrogens is 484 g/mol. The maximum absolute atomic E-state index is 13.1. The summed E-state index contributed by atoms with van der Waals surface area (Å²) in [5.74, 6) is -0.548. The molecule has 1 saturated heterocycles. The van der Waals surface area contributed by atoms with Crippen LogP contribution in [0, 0.1) is 0 Å². The minimum absolute atomic E-state index is 0.00598.